The van der Waals surface area contributed by atoms with Gasteiger partial charge in [-0.1, -0.05) is 24.3 Å². The minimum absolute atomic E-state index is 0.318. The van der Waals surface area contributed by atoms with Crippen molar-refractivity contribution in [2.75, 3.05) is 12.4 Å². The molecule has 0 saturated heterocycles. The largest absolute Gasteiger partial charge is 0.467 e. The Bertz CT molecular complexity index is 596. The minimum Gasteiger partial charge on any atom is -0.467 e. The van der Waals surface area contributed by atoms with Gasteiger partial charge in [0.1, 0.15) is 5.82 Å². The first-order valence-electron chi connectivity index (χ1n) is 6.27. The van der Waals surface area contributed by atoms with Gasteiger partial charge in [-0.05, 0) is 42.3 Å². The third kappa shape index (κ3) is 3.15. The number of benzene rings is 2. The average Bonchev–Trinajstić information content (AvgIpc) is 2.47. The molecule has 1 N–H and O–H groups in total. The maximum absolute atomic E-state index is 12.9. The molecule has 2 aromatic rings. The predicted molar refractivity (Wildman–Crippen MR) is 76.0 cm³/mol. The van der Waals surface area contributed by atoms with Crippen molar-refractivity contribution >= 4 is 11.7 Å². The second kappa shape index (κ2) is 6.19. The highest BCUT2D eigenvalue weighted by molar-refractivity contribution is 5.81. The van der Waals surface area contributed by atoms with Crippen molar-refractivity contribution in [1.82, 2.24) is 0 Å². The van der Waals surface area contributed by atoms with Gasteiger partial charge in [0, 0.05) is 5.69 Å². The maximum atomic E-state index is 12.9. The van der Waals surface area contributed by atoms with Gasteiger partial charge in [-0.25, -0.2) is 9.18 Å². The second-order valence-electron chi connectivity index (χ2n) is 4.46. The summed E-state index contributed by atoms with van der Waals surface area (Å²) in [6, 6.07) is 12.8. The molecule has 2 aromatic carbocycles. The molecule has 20 heavy (non-hydrogen) atoms. The summed E-state index contributed by atoms with van der Waals surface area (Å²) in [5.74, 6) is -0.704. The van der Waals surface area contributed by atoms with Crippen molar-refractivity contribution in [1.29, 1.82) is 0 Å². The Kier molecular flexibility index (Phi) is 4.35. The normalized spacial score (nSPS) is 11.8. The fourth-order valence-corrected chi connectivity index (χ4v) is 2.00. The zero-order chi connectivity index (χ0) is 14.5. The van der Waals surface area contributed by atoms with Gasteiger partial charge >= 0.3 is 5.97 Å². The molecule has 0 bridgehead atoms. The summed E-state index contributed by atoms with van der Waals surface area (Å²) in [4.78, 5) is 12.0. The molecule has 0 aliphatic heterocycles. The van der Waals surface area contributed by atoms with Crippen LogP contribution < -0.4 is 5.32 Å². The topological polar surface area (TPSA) is 38.3 Å². The number of nitrogens with one attached hydrogen (secondary N) is 1. The third-order valence-electron chi connectivity index (χ3n) is 3.09. The highest BCUT2D eigenvalue weighted by Crippen LogP contribution is 2.23. The Morgan fingerprint density at radius 3 is 2.40 bits per heavy atom. The van der Waals surface area contributed by atoms with E-state index in [1.54, 1.807) is 12.1 Å². The van der Waals surface area contributed by atoms with E-state index in [0.29, 0.717) is 5.69 Å². The van der Waals surface area contributed by atoms with Crippen LogP contribution >= 0.6 is 0 Å². The highest BCUT2D eigenvalue weighted by atomic mass is 19.1. The van der Waals surface area contributed by atoms with Gasteiger partial charge in [0.2, 0.25) is 0 Å². The van der Waals surface area contributed by atoms with E-state index in [1.165, 1.54) is 19.2 Å². The minimum atomic E-state index is -0.619. The van der Waals surface area contributed by atoms with Crippen LogP contribution in [-0.2, 0) is 9.53 Å². The van der Waals surface area contributed by atoms with Crippen molar-refractivity contribution in [3.63, 3.8) is 0 Å². The second-order valence-corrected chi connectivity index (χ2v) is 4.46. The summed E-state index contributed by atoms with van der Waals surface area (Å²) in [5.41, 5.74) is 2.48. The molecule has 2 rings (SSSR count). The van der Waals surface area contributed by atoms with Crippen LogP contribution in [0.15, 0.2) is 48.5 Å². The van der Waals surface area contributed by atoms with Gasteiger partial charge < -0.3 is 10.1 Å². The van der Waals surface area contributed by atoms with E-state index >= 15 is 0 Å². The Hall–Kier alpha value is -2.36. The van der Waals surface area contributed by atoms with Crippen molar-refractivity contribution in [2.24, 2.45) is 0 Å². The lowest BCUT2D eigenvalue weighted by Crippen LogP contribution is -2.23. The Morgan fingerprint density at radius 2 is 1.80 bits per heavy atom. The Morgan fingerprint density at radius 1 is 1.15 bits per heavy atom. The van der Waals surface area contributed by atoms with E-state index in [2.05, 4.69) is 5.32 Å². The third-order valence-corrected chi connectivity index (χ3v) is 3.09. The standard InChI is InChI=1S/C16H16FNO2/c1-11-5-3-4-6-14(11)15(16(19)20-2)18-13-9-7-12(17)8-10-13/h3-10,15,18H,1-2H3. The zero-order valence-corrected chi connectivity index (χ0v) is 11.4. The van der Waals surface area contributed by atoms with Crippen LogP contribution in [0.1, 0.15) is 17.2 Å². The van der Waals surface area contributed by atoms with Gasteiger partial charge in [0.15, 0.2) is 6.04 Å². The molecule has 4 heteroatoms. The molecule has 0 radical (unpaired) electrons. The molecule has 0 amide bonds. The van der Waals surface area contributed by atoms with Crippen molar-refractivity contribution in [2.45, 2.75) is 13.0 Å². The lowest BCUT2D eigenvalue weighted by atomic mass is 10.0. The molecular weight excluding hydrogens is 257 g/mol. The van der Waals surface area contributed by atoms with Crippen LogP contribution in [0.25, 0.3) is 0 Å². The monoisotopic (exact) mass is 273 g/mol. The van der Waals surface area contributed by atoms with Crippen LogP contribution in [0.4, 0.5) is 10.1 Å². The number of ether oxygens (including phenoxy) is 1. The number of hydrogen-bond acceptors (Lipinski definition) is 3. The number of carbonyl (C=O) groups is 1. The van der Waals surface area contributed by atoms with E-state index in [1.807, 2.05) is 31.2 Å². The molecule has 0 aliphatic carbocycles. The van der Waals surface area contributed by atoms with Crippen molar-refractivity contribution in [3.05, 3.63) is 65.5 Å². The molecule has 0 heterocycles. The average molecular weight is 273 g/mol. The fourth-order valence-electron chi connectivity index (χ4n) is 2.00. The fraction of sp³-hybridized carbons (Fsp3) is 0.188. The molecule has 0 spiro atoms. The number of hydrogen-bond donors (Lipinski definition) is 1. The summed E-state index contributed by atoms with van der Waals surface area (Å²) in [6.45, 7) is 1.93. The molecular formula is C16H16FNO2. The lowest BCUT2D eigenvalue weighted by Gasteiger charge is -2.19. The summed E-state index contributed by atoms with van der Waals surface area (Å²) < 4.78 is 17.8. The highest BCUT2D eigenvalue weighted by Gasteiger charge is 2.22. The first-order chi connectivity index (χ1) is 9.61. The van der Waals surface area contributed by atoms with Crippen molar-refractivity contribution in [3.8, 4) is 0 Å². The number of rotatable bonds is 4. The summed E-state index contributed by atoms with van der Waals surface area (Å²) in [7, 11) is 1.35. The van der Waals surface area contributed by atoms with E-state index in [-0.39, 0.29) is 11.8 Å². The molecule has 104 valence electrons. The number of anilines is 1. The number of methoxy groups -OCH3 is 1. The van der Waals surface area contributed by atoms with E-state index in [9.17, 15) is 9.18 Å². The maximum Gasteiger partial charge on any atom is 0.332 e. The summed E-state index contributed by atoms with van der Waals surface area (Å²) >= 11 is 0. The number of esters is 1. The molecule has 3 nitrogen and oxygen atoms in total. The molecule has 0 fully saturated rings. The quantitative estimate of drug-likeness (QED) is 0.867. The van der Waals surface area contributed by atoms with Gasteiger partial charge in [0.05, 0.1) is 7.11 Å². The number of halogens is 1. The van der Waals surface area contributed by atoms with Gasteiger partial charge in [-0.3, -0.25) is 0 Å². The van der Waals surface area contributed by atoms with Crippen LogP contribution in [0.5, 0.6) is 0 Å². The van der Waals surface area contributed by atoms with Crippen LogP contribution in [0.2, 0.25) is 0 Å². The Labute approximate surface area is 117 Å². The SMILES string of the molecule is COC(=O)C(Nc1ccc(F)cc1)c1ccccc1C. The number of carbonyl (C=O) groups excluding carboxylic acids is 1. The smallest absolute Gasteiger partial charge is 0.332 e. The first-order valence-corrected chi connectivity index (χ1v) is 6.27. The lowest BCUT2D eigenvalue weighted by molar-refractivity contribution is -0.141. The van der Waals surface area contributed by atoms with E-state index in [4.69, 9.17) is 4.74 Å². The Balaban J connectivity index is 2.31. The van der Waals surface area contributed by atoms with Crippen LogP contribution in [0, 0.1) is 12.7 Å². The summed E-state index contributed by atoms with van der Waals surface area (Å²) in [5, 5.41) is 3.07. The molecule has 0 aromatic heterocycles. The van der Waals surface area contributed by atoms with Gasteiger partial charge in [-0.2, -0.15) is 0 Å². The summed E-state index contributed by atoms with van der Waals surface area (Å²) in [6.07, 6.45) is 0. The zero-order valence-electron chi connectivity index (χ0n) is 11.4. The molecule has 1 unspecified atom stereocenters. The van der Waals surface area contributed by atoms with E-state index < -0.39 is 6.04 Å². The van der Waals surface area contributed by atoms with Gasteiger partial charge in [0.25, 0.3) is 0 Å². The van der Waals surface area contributed by atoms with Crippen LogP contribution in [0.3, 0.4) is 0 Å². The molecule has 0 aliphatic rings. The molecule has 0 saturated carbocycles. The first kappa shape index (κ1) is 14.1. The number of aryl methyl sites for hydroxylation is 1. The molecule has 1 atom stereocenters. The van der Waals surface area contributed by atoms with Gasteiger partial charge in [-0.15, -0.1) is 0 Å². The van der Waals surface area contributed by atoms with Crippen molar-refractivity contribution < 1.29 is 13.9 Å². The predicted octanol–water partition coefficient (Wildman–Crippen LogP) is 3.46. The van der Waals surface area contributed by atoms with E-state index in [0.717, 1.165) is 11.1 Å². The van der Waals surface area contributed by atoms with Crippen LogP contribution in [-0.4, -0.2) is 13.1 Å².